The van der Waals surface area contributed by atoms with E-state index in [4.69, 9.17) is 9.47 Å². The van der Waals surface area contributed by atoms with E-state index in [1.54, 1.807) is 25.1 Å². The average molecular weight is 319 g/mol. The highest BCUT2D eigenvalue weighted by molar-refractivity contribution is 5.94. The second-order valence-electron chi connectivity index (χ2n) is 5.67. The van der Waals surface area contributed by atoms with E-state index in [2.05, 4.69) is 5.32 Å². The van der Waals surface area contributed by atoms with Gasteiger partial charge in [-0.15, -0.1) is 0 Å². The van der Waals surface area contributed by atoms with E-state index in [0.29, 0.717) is 16.9 Å². The molecule has 0 radical (unpaired) electrons. The van der Waals surface area contributed by atoms with E-state index in [0.717, 1.165) is 12.8 Å². The zero-order valence-electron chi connectivity index (χ0n) is 13.5. The fourth-order valence-electron chi connectivity index (χ4n) is 2.13. The monoisotopic (exact) mass is 319 g/mol. The van der Waals surface area contributed by atoms with Crippen molar-refractivity contribution in [3.8, 4) is 5.75 Å². The van der Waals surface area contributed by atoms with Crippen LogP contribution in [0.5, 0.6) is 5.75 Å². The smallest absolute Gasteiger partial charge is 0.311 e. The standard InChI is InChI=1S/C17H21NO5/c1-10(19)12-4-7-15(22-3)13(8-12)9-16(20)23-11(2)17(21)18-14-5-6-14/h4,7-8,11,14H,5-6,9H2,1-3H3,(H,18,21)/t11-/m0/s1. The maximum atomic E-state index is 12.0. The van der Waals surface area contributed by atoms with Gasteiger partial charge in [0.25, 0.3) is 5.91 Å². The van der Waals surface area contributed by atoms with Crippen LogP contribution in [0.25, 0.3) is 0 Å². The number of Topliss-reactive ketones (excluding diaryl/α,β-unsaturated/α-hetero) is 1. The first kappa shape index (κ1) is 17.0. The molecule has 1 aromatic carbocycles. The molecular formula is C17H21NO5. The Morgan fingerprint density at radius 1 is 1.30 bits per heavy atom. The van der Waals surface area contributed by atoms with Crippen LogP contribution in [-0.4, -0.2) is 36.9 Å². The first-order valence-electron chi connectivity index (χ1n) is 7.58. The molecule has 0 heterocycles. The largest absolute Gasteiger partial charge is 0.496 e. The molecule has 2 rings (SSSR count). The van der Waals surface area contributed by atoms with Crippen LogP contribution in [0.3, 0.4) is 0 Å². The third kappa shape index (κ3) is 4.81. The van der Waals surface area contributed by atoms with Crippen molar-refractivity contribution >= 4 is 17.7 Å². The van der Waals surface area contributed by atoms with Gasteiger partial charge in [-0.1, -0.05) is 0 Å². The summed E-state index contributed by atoms with van der Waals surface area (Å²) in [6, 6.07) is 5.11. The van der Waals surface area contributed by atoms with Crippen molar-refractivity contribution in [1.29, 1.82) is 0 Å². The maximum absolute atomic E-state index is 12.0. The van der Waals surface area contributed by atoms with E-state index in [-0.39, 0.29) is 24.2 Å². The summed E-state index contributed by atoms with van der Waals surface area (Å²) in [6.07, 6.45) is 1.04. The summed E-state index contributed by atoms with van der Waals surface area (Å²) in [5, 5.41) is 2.78. The topological polar surface area (TPSA) is 81.7 Å². The molecule has 0 aliphatic heterocycles. The Hall–Kier alpha value is -2.37. The van der Waals surface area contributed by atoms with Crippen LogP contribution in [0.1, 0.15) is 42.6 Å². The fourth-order valence-corrected chi connectivity index (χ4v) is 2.13. The average Bonchev–Trinajstić information content (AvgIpc) is 3.30. The molecule has 1 saturated carbocycles. The highest BCUT2D eigenvalue weighted by atomic mass is 16.5. The van der Waals surface area contributed by atoms with Crippen molar-refractivity contribution in [1.82, 2.24) is 5.32 Å². The number of carbonyl (C=O) groups excluding carboxylic acids is 3. The molecule has 1 atom stereocenters. The highest BCUT2D eigenvalue weighted by Gasteiger charge is 2.27. The van der Waals surface area contributed by atoms with Crippen molar-refractivity contribution in [2.45, 2.75) is 45.3 Å². The number of benzene rings is 1. The molecule has 1 fully saturated rings. The minimum atomic E-state index is -0.843. The molecule has 6 nitrogen and oxygen atoms in total. The Morgan fingerprint density at radius 3 is 2.57 bits per heavy atom. The van der Waals surface area contributed by atoms with Gasteiger partial charge in [0.05, 0.1) is 13.5 Å². The summed E-state index contributed by atoms with van der Waals surface area (Å²) in [4.78, 5) is 35.3. The van der Waals surface area contributed by atoms with Crippen LogP contribution in [0.4, 0.5) is 0 Å². The molecule has 1 N–H and O–H groups in total. The molecule has 1 aliphatic rings. The molecule has 23 heavy (non-hydrogen) atoms. The van der Waals surface area contributed by atoms with E-state index in [1.807, 2.05) is 0 Å². The number of carbonyl (C=O) groups is 3. The van der Waals surface area contributed by atoms with Gasteiger partial charge in [0.2, 0.25) is 0 Å². The lowest BCUT2D eigenvalue weighted by Crippen LogP contribution is -2.37. The van der Waals surface area contributed by atoms with Gasteiger partial charge in [0.1, 0.15) is 5.75 Å². The summed E-state index contributed by atoms with van der Waals surface area (Å²) < 4.78 is 10.3. The Labute approximate surface area is 135 Å². The third-order valence-electron chi connectivity index (χ3n) is 3.62. The first-order valence-corrected chi connectivity index (χ1v) is 7.58. The number of hydrogen-bond donors (Lipinski definition) is 1. The van der Waals surface area contributed by atoms with Gasteiger partial charge in [-0.3, -0.25) is 14.4 Å². The lowest BCUT2D eigenvalue weighted by Gasteiger charge is -2.14. The lowest BCUT2D eigenvalue weighted by molar-refractivity contribution is -0.154. The third-order valence-corrected chi connectivity index (χ3v) is 3.62. The first-order chi connectivity index (χ1) is 10.9. The van der Waals surface area contributed by atoms with Crippen LogP contribution in [0.15, 0.2) is 18.2 Å². The van der Waals surface area contributed by atoms with Gasteiger partial charge in [0, 0.05) is 17.2 Å². The number of ketones is 1. The van der Waals surface area contributed by atoms with Gasteiger partial charge in [-0.05, 0) is 44.9 Å². The van der Waals surface area contributed by atoms with Crippen molar-refractivity contribution in [2.24, 2.45) is 0 Å². The number of esters is 1. The van der Waals surface area contributed by atoms with Gasteiger partial charge in [-0.25, -0.2) is 0 Å². The maximum Gasteiger partial charge on any atom is 0.311 e. The summed E-state index contributed by atoms with van der Waals surface area (Å²) in [6.45, 7) is 2.99. The van der Waals surface area contributed by atoms with Crippen molar-refractivity contribution in [3.63, 3.8) is 0 Å². The highest BCUT2D eigenvalue weighted by Crippen LogP contribution is 2.22. The number of amides is 1. The molecule has 0 spiro atoms. The quantitative estimate of drug-likeness (QED) is 0.610. The fraction of sp³-hybridized carbons (Fsp3) is 0.471. The normalized spacial score (nSPS) is 14.7. The van der Waals surface area contributed by atoms with Gasteiger partial charge in [0.15, 0.2) is 11.9 Å². The van der Waals surface area contributed by atoms with Gasteiger partial charge >= 0.3 is 5.97 Å². The van der Waals surface area contributed by atoms with Crippen molar-refractivity contribution < 1.29 is 23.9 Å². The van der Waals surface area contributed by atoms with Crippen LogP contribution in [0.2, 0.25) is 0 Å². The minimum absolute atomic E-state index is 0.0641. The van der Waals surface area contributed by atoms with E-state index in [1.165, 1.54) is 14.0 Å². The molecule has 6 heteroatoms. The molecule has 0 bridgehead atoms. The summed E-state index contributed by atoms with van der Waals surface area (Å²) in [5.41, 5.74) is 1.05. The summed E-state index contributed by atoms with van der Waals surface area (Å²) in [5.74, 6) is -0.422. The Bertz CT molecular complexity index is 621. The number of ether oxygens (including phenoxy) is 2. The zero-order chi connectivity index (χ0) is 17.0. The van der Waals surface area contributed by atoms with Crippen molar-refractivity contribution in [2.75, 3.05) is 7.11 Å². The van der Waals surface area contributed by atoms with Crippen LogP contribution in [0, 0.1) is 0 Å². The molecular weight excluding hydrogens is 298 g/mol. The second kappa shape index (κ2) is 7.26. The number of nitrogens with one attached hydrogen (secondary N) is 1. The Balaban J connectivity index is 1.99. The molecule has 1 amide bonds. The SMILES string of the molecule is COc1ccc(C(C)=O)cc1CC(=O)O[C@@H](C)C(=O)NC1CC1. The van der Waals surface area contributed by atoms with Gasteiger partial charge in [-0.2, -0.15) is 0 Å². The number of rotatable bonds is 7. The predicted molar refractivity (Wildman–Crippen MR) is 83.4 cm³/mol. The van der Waals surface area contributed by atoms with Crippen molar-refractivity contribution in [3.05, 3.63) is 29.3 Å². The lowest BCUT2D eigenvalue weighted by atomic mass is 10.0. The Kier molecular flexibility index (Phi) is 5.36. The molecule has 1 aromatic rings. The minimum Gasteiger partial charge on any atom is -0.496 e. The molecule has 0 unspecified atom stereocenters. The van der Waals surface area contributed by atoms with E-state index >= 15 is 0 Å². The van der Waals surface area contributed by atoms with Crippen LogP contribution >= 0.6 is 0 Å². The van der Waals surface area contributed by atoms with Crippen LogP contribution in [-0.2, 0) is 20.7 Å². The summed E-state index contributed by atoms with van der Waals surface area (Å²) >= 11 is 0. The number of methoxy groups -OCH3 is 1. The molecule has 124 valence electrons. The molecule has 0 saturated heterocycles. The molecule has 1 aliphatic carbocycles. The summed E-state index contributed by atoms with van der Waals surface area (Å²) in [7, 11) is 1.49. The van der Waals surface area contributed by atoms with Crippen LogP contribution < -0.4 is 10.1 Å². The van der Waals surface area contributed by atoms with Gasteiger partial charge < -0.3 is 14.8 Å². The van der Waals surface area contributed by atoms with E-state index < -0.39 is 12.1 Å². The predicted octanol–water partition coefficient (Wildman–Crippen LogP) is 1.65. The number of hydrogen-bond acceptors (Lipinski definition) is 5. The van der Waals surface area contributed by atoms with E-state index in [9.17, 15) is 14.4 Å². The molecule has 0 aromatic heterocycles. The second-order valence-corrected chi connectivity index (χ2v) is 5.67. The zero-order valence-corrected chi connectivity index (χ0v) is 13.5. The Morgan fingerprint density at radius 2 is 2.00 bits per heavy atom.